The van der Waals surface area contributed by atoms with Crippen molar-refractivity contribution in [1.82, 2.24) is 0 Å². The maximum Gasteiger partial charge on any atom is 1.00 e. The molecule has 0 heterocycles. The summed E-state index contributed by atoms with van der Waals surface area (Å²) in [5.74, 6) is -1.32. The standard InChI is InChI=1S/C12H13O4.Na/c1-15-11(13)10(12(14)16-2)8-9-6-4-3-5-7-9;/h3-7H,8H2,1-2H3;/q-1;+1. The molecule has 0 aliphatic heterocycles. The van der Waals surface area contributed by atoms with E-state index in [0.29, 0.717) is 0 Å². The second-order valence-corrected chi connectivity index (χ2v) is 3.12. The second-order valence-electron chi connectivity index (χ2n) is 3.12. The van der Waals surface area contributed by atoms with Crippen molar-refractivity contribution >= 4 is 11.9 Å². The SMILES string of the molecule is COC(=O)[C-](Cc1ccccc1)C(=O)OC.[Na+]. The van der Waals surface area contributed by atoms with Gasteiger partial charge in [-0.2, -0.15) is 5.92 Å². The van der Waals surface area contributed by atoms with Gasteiger partial charge in [0.05, 0.1) is 14.2 Å². The normalized spacial score (nSPS) is 8.82. The van der Waals surface area contributed by atoms with E-state index in [2.05, 4.69) is 9.47 Å². The topological polar surface area (TPSA) is 52.6 Å². The number of methoxy groups -OCH3 is 2. The number of hydrogen-bond donors (Lipinski definition) is 0. The minimum absolute atomic E-state index is 0. The Labute approximate surface area is 123 Å². The molecule has 17 heavy (non-hydrogen) atoms. The van der Waals surface area contributed by atoms with E-state index in [9.17, 15) is 9.59 Å². The van der Waals surface area contributed by atoms with Gasteiger partial charge in [0, 0.05) is 0 Å². The molecule has 0 spiro atoms. The van der Waals surface area contributed by atoms with Gasteiger partial charge in [0.2, 0.25) is 0 Å². The minimum Gasteiger partial charge on any atom is -0.491 e. The molecule has 86 valence electrons. The van der Waals surface area contributed by atoms with Crippen molar-refractivity contribution in [2.24, 2.45) is 0 Å². The van der Waals surface area contributed by atoms with Crippen LogP contribution in [0.15, 0.2) is 30.3 Å². The summed E-state index contributed by atoms with van der Waals surface area (Å²) in [7, 11) is 2.46. The molecule has 1 rings (SSSR count). The Hall–Kier alpha value is -0.970. The molecule has 1 aromatic rings. The van der Waals surface area contributed by atoms with E-state index in [4.69, 9.17) is 0 Å². The Morgan fingerprint density at radius 1 is 1.06 bits per heavy atom. The molecule has 0 N–H and O–H groups in total. The summed E-state index contributed by atoms with van der Waals surface area (Å²) in [6.07, 6.45) is 0.209. The third-order valence-corrected chi connectivity index (χ3v) is 2.09. The van der Waals surface area contributed by atoms with Gasteiger partial charge in [-0.05, 0) is 0 Å². The molecule has 0 unspecified atom stereocenters. The summed E-state index contributed by atoms with van der Waals surface area (Å²) in [5.41, 5.74) is 0.855. The van der Waals surface area contributed by atoms with Gasteiger partial charge in [0.25, 0.3) is 0 Å². The van der Waals surface area contributed by atoms with Crippen molar-refractivity contribution in [1.29, 1.82) is 0 Å². The van der Waals surface area contributed by atoms with Crippen molar-refractivity contribution in [3.05, 3.63) is 41.8 Å². The van der Waals surface area contributed by atoms with Gasteiger partial charge in [0.1, 0.15) is 0 Å². The predicted octanol–water partition coefficient (Wildman–Crippen LogP) is -1.85. The molecule has 0 saturated heterocycles. The number of esters is 2. The zero-order valence-electron chi connectivity index (χ0n) is 10.2. The van der Waals surface area contributed by atoms with E-state index in [1.54, 1.807) is 0 Å². The van der Waals surface area contributed by atoms with Crippen molar-refractivity contribution in [3.8, 4) is 0 Å². The predicted molar refractivity (Wildman–Crippen MR) is 57.4 cm³/mol. The van der Waals surface area contributed by atoms with Crippen LogP contribution in [-0.2, 0) is 25.5 Å². The van der Waals surface area contributed by atoms with Crippen molar-refractivity contribution < 1.29 is 48.6 Å². The van der Waals surface area contributed by atoms with Crippen LogP contribution >= 0.6 is 0 Å². The molecule has 5 heteroatoms. The van der Waals surface area contributed by atoms with Crippen LogP contribution in [0.3, 0.4) is 0 Å². The summed E-state index contributed by atoms with van der Waals surface area (Å²) < 4.78 is 9.06. The zero-order chi connectivity index (χ0) is 12.0. The fourth-order valence-electron chi connectivity index (χ4n) is 1.27. The average molecular weight is 244 g/mol. The van der Waals surface area contributed by atoms with Crippen LogP contribution in [0.4, 0.5) is 0 Å². The molecule has 1 aromatic carbocycles. The Morgan fingerprint density at radius 2 is 1.53 bits per heavy atom. The molecule has 0 aliphatic rings. The average Bonchev–Trinajstić information content (AvgIpc) is 2.35. The monoisotopic (exact) mass is 244 g/mol. The van der Waals surface area contributed by atoms with E-state index in [1.807, 2.05) is 30.3 Å². The van der Waals surface area contributed by atoms with Crippen LogP contribution in [0.2, 0.25) is 0 Å². The van der Waals surface area contributed by atoms with Crippen molar-refractivity contribution in [2.45, 2.75) is 6.42 Å². The Bertz CT molecular complexity index is 348. The fourth-order valence-corrected chi connectivity index (χ4v) is 1.27. The van der Waals surface area contributed by atoms with Crippen LogP contribution in [-0.4, -0.2) is 26.2 Å². The fraction of sp³-hybridized carbons (Fsp3) is 0.250. The number of carbonyl (C=O) groups is 2. The van der Waals surface area contributed by atoms with E-state index in [-0.39, 0.29) is 41.9 Å². The molecular formula is C12H13NaO4. The summed E-state index contributed by atoms with van der Waals surface area (Å²) in [6, 6.07) is 9.18. The number of carbonyl (C=O) groups excluding carboxylic acids is 2. The van der Waals surface area contributed by atoms with Crippen LogP contribution < -0.4 is 29.6 Å². The first-order valence-electron chi connectivity index (χ1n) is 4.75. The van der Waals surface area contributed by atoms with E-state index in [0.717, 1.165) is 5.56 Å². The summed E-state index contributed by atoms with van der Waals surface area (Å²) in [6.45, 7) is 0. The van der Waals surface area contributed by atoms with Crippen molar-refractivity contribution in [2.75, 3.05) is 14.2 Å². The Kier molecular flexibility index (Phi) is 7.70. The first-order valence-corrected chi connectivity index (χ1v) is 4.75. The van der Waals surface area contributed by atoms with Gasteiger partial charge in [-0.3, -0.25) is 9.59 Å². The first kappa shape index (κ1) is 16.0. The van der Waals surface area contributed by atoms with E-state index < -0.39 is 11.9 Å². The van der Waals surface area contributed by atoms with E-state index in [1.165, 1.54) is 14.2 Å². The largest absolute Gasteiger partial charge is 1.00 e. The number of benzene rings is 1. The van der Waals surface area contributed by atoms with Gasteiger partial charge in [0.15, 0.2) is 11.9 Å². The quantitative estimate of drug-likeness (QED) is 0.270. The first-order chi connectivity index (χ1) is 7.69. The molecule has 0 amide bonds. The summed E-state index contributed by atoms with van der Waals surface area (Å²) in [5, 5.41) is 0. The van der Waals surface area contributed by atoms with Gasteiger partial charge in [-0.15, -0.1) is 6.42 Å². The van der Waals surface area contributed by atoms with Gasteiger partial charge in [-0.25, -0.2) is 0 Å². The molecule has 0 radical (unpaired) electrons. The third-order valence-electron chi connectivity index (χ3n) is 2.09. The zero-order valence-corrected chi connectivity index (χ0v) is 12.2. The van der Waals surface area contributed by atoms with Crippen LogP contribution in [0.5, 0.6) is 0 Å². The van der Waals surface area contributed by atoms with Crippen LogP contribution in [0.1, 0.15) is 5.56 Å². The molecule has 0 saturated carbocycles. The Balaban J connectivity index is 0.00000256. The smallest absolute Gasteiger partial charge is 0.491 e. The summed E-state index contributed by atoms with van der Waals surface area (Å²) in [4.78, 5) is 22.7. The molecule has 0 aliphatic carbocycles. The van der Waals surface area contributed by atoms with Crippen LogP contribution in [0, 0.1) is 5.92 Å². The maximum absolute atomic E-state index is 11.4. The molecule has 0 bridgehead atoms. The van der Waals surface area contributed by atoms with Gasteiger partial charge in [-0.1, -0.05) is 35.9 Å². The van der Waals surface area contributed by atoms with E-state index >= 15 is 0 Å². The maximum atomic E-state index is 11.4. The third kappa shape index (κ3) is 4.81. The number of ether oxygens (including phenoxy) is 2. The number of hydrogen-bond acceptors (Lipinski definition) is 4. The molecule has 0 fully saturated rings. The minimum atomic E-state index is -0.657. The van der Waals surface area contributed by atoms with Crippen LogP contribution in [0.25, 0.3) is 0 Å². The molecular weight excluding hydrogens is 231 g/mol. The molecule has 4 nitrogen and oxygen atoms in total. The summed E-state index contributed by atoms with van der Waals surface area (Å²) >= 11 is 0. The number of rotatable bonds is 4. The second kappa shape index (κ2) is 8.17. The molecule has 0 aromatic heterocycles. The Morgan fingerprint density at radius 3 is 1.94 bits per heavy atom. The van der Waals surface area contributed by atoms with Crippen molar-refractivity contribution in [3.63, 3.8) is 0 Å². The van der Waals surface area contributed by atoms with Gasteiger partial charge >= 0.3 is 29.6 Å². The molecule has 0 atom stereocenters. The van der Waals surface area contributed by atoms with Gasteiger partial charge < -0.3 is 9.47 Å².